The van der Waals surface area contributed by atoms with E-state index in [0.717, 1.165) is 11.8 Å². The maximum atomic E-state index is 2.43. The van der Waals surface area contributed by atoms with Crippen LogP contribution in [0.25, 0.3) is 0 Å². The maximum Gasteiger partial charge on any atom is 0.00451 e. The van der Waals surface area contributed by atoms with Gasteiger partial charge >= 0.3 is 0 Å². The van der Waals surface area contributed by atoms with E-state index in [1.54, 1.807) is 16.7 Å². The second kappa shape index (κ2) is 3.52. The van der Waals surface area contributed by atoms with E-state index in [4.69, 9.17) is 0 Å². The minimum absolute atomic E-state index is 0.729. The SMILES string of the molecule is CC1=C2CCC=CC2CC2=CC=CCC21. The number of rotatable bonds is 0. The second-order valence-corrected chi connectivity index (χ2v) is 4.94. The highest BCUT2D eigenvalue weighted by Gasteiger charge is 2.30. The van der Waals surface area contributed by atoms with Crippen LogP contribution < -0.4 is 0 Å². The molecular weight excluding hydrogens is 180 g/mol. The first-order chi connectivity index (χ1) is 7.36. The molecule has 0 aromatic heterocycles. The van der Waals surface area contributed by atoms with Gasteiger partial charge in [-0.25, -0.2) is 0 Å². The average Bonchev–Trinajstić information content (AvgIpc) is 2.30. The molecule has 2 unspecified atom stereocenters. The Labute approximate surface area is 92.1 Å². The van der Waals surface area contributed by atoms with Crippen LogP contribution in [0.15, 0.2) is 47.1 Å². The summed E-state index contributed by atoms with van der Waals surface area (Å²) in [6.07, 6.45) is 16.8. The van der Waals surface area contributed by atoms with Crippen molar-refractivity contribution in [2.24, 2.45) is 11.8 Å². The highest BCUT2D eigenvalue weighted by molar-refractivity contribution is 5.39. The molecule has 15 heavy (non-hydrogen) atoms. The third kappa shape index (κ3) is 1.43. The molecule has 0 nitrogen and oxygen atoms in total. The third-order valence-electron chi connectivity index (χ3n) is 4.15. The average molecular weight is 198 g/mol. The lowest BCUT2D eigenvalue weighted by Crippen LogP contribution is -2.22. The molecule has 0 heterocycles. The van der Waals surface area contributed by atoms with Gasteiger partial charge in [-0.15, -0.1) is 0 Å². The Morgan fingerprint density at radius 1 is 1.27 bits per heavy atom. The molecule has 0 fully saturated rings. The molecule has 0 aromatic carbocycles. The van der Waals surface area contributed by atoms with Gasteiger partial charge in [0.1, 0.15) is 0 Å². The topological polar surface area (TPSA) is 0 Å². The van der Waals surface area contributed by atoms with Gasteiger partial charge in [0, 0.05) is 11.8 Å². The minimum atomic E-state index is 0.729. The van der Waals surface area contributed by atoms with Crippen molar-refractivity contribution in [1.29, 1.82) is 0 Å². The summed E-state index contributed by atoms with van der Waals surface area (Å²) in [6.45, 7) is 2.36. The van der Waals surface area contributed by atoms with Crippen molar-refractivity contribution < 1.29 is 0 Å². The van der Waals surface area contributed by atoms with Crippen LogP contribution in [-0.4, -0.2) is 0 Å². The second-order valence-electron chi connectivity index (χ2n) is 4.94. The van der Waals surface area contributed by atoms with E-state index in [0.29, 0.717) is 0 Å². The van der Waals surface area contributed by atoms with Crippen LogP contribution in [0.5, 0.6) is 0 Å². The molecule has 3 rings (SSSR count). The van der Waals surface area contributed by atoms with E-state index in [1.807, 2.05) is 0 Å². The van der Waals surface area contributed by atoms with Crippen molar-refractivity contribution in [3.63, 3.8) is 0 Å². The fraction of sp³-hybridized carbons (Fsp3) is 0.467. The monoisotopic (exact) mass is 198 g/mol. The zero-order chi connectivity index (χ0) is 10.3. The molecule has 0 bridgehead atoms. The third-order valence-corrected chi connectivity index (χ3v) is 4.15. The Morgan fingerprint density at radius 2 is 2.20 bits per heavy atom. The van der Waals surface area contributed by atoms with Crippen LogP contribution in [-0.2, 0) is 0 Å². The lowest BCUT2D eigenvalue weighted by molar-refractivity contribution is 0.540. The molecule has 0 amide bonds. The van der Waals surface area contributed by atoms with Crippen LogP contribution in [0.2, 0.25) is 0 Å². The highest BCUT2D eigenvalue weighted by Crippen LogP contribution is 2.44. The molecule has 0 saturated carbocycles. The Kier molecular flexibility index (Phi) is 2.16. The smallest absolute Gasteiger partial charge is 0.00451 e. The van der Waals surface area contributed by atoms with E-state index in [-0.39, 0.29) is 0 Å². The van der Waals surface area contributed by atoms with Gasteiger partial charge in [0.25, 0.3) is 0 Å². The van der Waals surface area contributed by atoms with Crippen molar-refractivity contribution in [3.8, 4) is 0 Å². The van der Waals surface area contributed by atoms with E-state index in [2.05, 4.69) is 37.3 Å². The normalized spacial score (nSPS) is 33.5. The van der Waals surface area contributed by atoms with Gasteiger partial charge in [0.2, 0.25) is 0 Å². The summed E-state index contributed by atoms with van der Waals surface area (Å²) in [5, 5.41) is 0. The van der Waals surface area contributed by atoms with E-state index < -0.39 is 0 Å². The summed E-state index contributed by atoms with van der Waals surface area (Å²) in [6, 6.07) is 0. The largest absolute Gasteiger partial charge is 0.0876 e. The molecule has 0 heteroatoms. The molecule has 0 saturated heterocycles. The van der Waals surface area contributed by atoms with E-state index in [1.165, 1.54) is 25.7 Å². The zero-order valence-corrected chi connectivity index (χ0v) is 9.37. The van der Waals surface area contributed by atoms with E-state index >= 15 is 0 Å². The molecule has 0 aromatic rings. The van der Waals surface area contributed by atoms with Crippen LogP contribution in [0.1, 0.15) is 32.6 Å². The lowest BCUT2D eigenvalue weighted by Gasteiger charge is -2.36. The Balaban J connectivity index is 2.04. The summed E-state index contributed by atoms with van der Waals surface area (Å²) in [7, 11) is 0. The van der Waals surface area contributed by atoms with Crippen molar-refractivity contribution in [2.75, 3.05) is 0 Å². The first kappa shape index (κ1) is 9.21. The Bertz CT molecular complexity index is 390. The summed E-state index contributed by atoms with van der Waals surface area (Å²) in [5.74, 6) is 1.47. The van der Waals surface area contributed by atoms with Crippen molar-refractivity contribution >= 4 is 0 Å². The quantitative estimate of drug-likeness (QED) is 0.512. The van der Waals surface area contributed by atoms with Crippen molar-refractivity contribution in [2.45, 2.75) is 32.6 Å². The molecule has 0 aliphatic heterocycles. The van der Waals surface area contributed by atoms with Crippen molar-refractivity contribution in [3.05, 3.63) is 47.1 Å². The first-order valence-corrected chi connectivity index (χ1v) is 6.08. The minimum Gasteiger partial charge on any atom is -0.0876 e. The van der Waals surface area contributed by atoms with Gasteiger partial charge in [-0.3, -0.25) is 0 Å². The van der Waals surface area contributed by atoms with Gasteiger partial charge in [-0.1, -0.05) is 47.1 Å². The van der Waals surface area contributed by atoms with Gasteiger partial charge < -0.3 is 0 Å². The summed E-state index contributed by atoms with van der Waals surface area (Å²) >= 11 is 0. The molecular formula is C15H18. The number of hydrogen-bond donors (Lipinski definition) is 0. The van der Waals surface area contributed by atoms with Crippen LogP contribution >= 0.6 is 0 Å². The van der Waals surface area contributed by atoms with Crippen molar-refractivity contribution in [1.82, 2.24) is 0 Å². The lowest BCUT2D eigenvalue weighted by atomic mass is 9.69. The van der Waals surface area contributed by atoms with Gasteiger partial charge in [0.15, 0.2) is 0 Å². The maximum absolute atomic E-state index is 2.43. The van der Waals surface area contributed by atoms with Crippen LogP contribution in [0.3, 0.4) is 0 Å². The number of allylic oxidation sites excluding steroid dienone is 8. The fourth-order valence-electron chi connectivity index (χ4n) is 3.30. The highest BCUT2D eigenvalue weighted by atomic mass is 14.3. The molecule has 0 radical (unpaired) electrons. The molecule has 0 spiro atoms. The predicted octanol–water partition coefficient (Wildman–Crippen LogP) is 4.18. The molecule has 0 N–H and O–H groups in total. The molecule has 3 aliphatic carbocycles. The molecule has 78 valence electrons. The predicted molar refractivity (Wildman–Crippen MR) is 64.5 cm³/mol. The Morgan fingerprint density at radius 3 is 3.13 bits per heavy atom. The fourth-order valence-corrected chi connectivity index (χ4v) is 3.30. The van der Waals surface area contributed by atoms with Crippen LogP contribution in [0.4, 0.5) is 0 Å². The number of fused-ring (bicyclic) bond motifs is 2. The summed E-state index contributed by atoms with van der Waals surface area (Å²) < 4.78 is 0. The summed E-state index contributed by atoms with van der Waals surface area (Å²) in [4.78, 5) is 0. The summed E-state index contributed by atoms with van der Waals surface area (Å²) in [5.41, 5.74) is 5.08. The van der Waals surface area contributed by atoms with E-state index in [9.17, 15) is 0 Å². The number of hydrogen-bond acceptors (Lipinski definition) is 0. The van der Waals surface area contributed by atoms with Crippen LogP contribution in [0, 0.1) is 11.8 Å². The van der Waals surface area contributed by atoms with Gasteiger partial charge in [0.05, 0.1) is 0 Å². The Hall–Kier alpha value is -1.04. The standard InChI is InChI=1S/C15H18/c1-11-14-8-4-2-6-12(14)10-13-7-3-5-9-15(11)13/h2-4,6-7,13-14H,5,8-10H2,1H3. The molecule has 3 aliphatic rings. The van der Waals surface area contributed by atoms with Gasteiger partial charge in [-0.2, -0.15) is 0 Å². The molecule has 2 atom stereocenters. The first-order valence-electron chi connectivity index (χ1n) is 6.08. The zero-order valence-electron chi connectivity index (χ0n) is 9.37. The van der Waals surface area contributed by atoms with Gasteiger partial charge in [-0.05, 0) is 32.6 Å².